The fraction of sp³-hybridized carbons (Fsp3) is 0.286. The summed E-state index contributed by atoms with van der Waals surface area (Å²) in [5.74, 6) is -3.31. The number of amides is 2. The Balaban J connectivity index is 4.64. The summed E-state index contributed by atoms with van der Waals surface area (Å²) in [5.41, 5.74) is 3.98. The molecular formula is C7H10N2O4. The van der Waals surface area contributed by atoms with E-state index in [2.05, 4.69) is 5.32 Å². The van der Waals surface area contributed by atoms with Crippen molar-refractivity contribution in [3.63, 3.8) is 0 Å². The van der Waals surface area contributed by atoms with Gasteiger partial charge in [0.15, 0.2) is 0 Å². The molecule has 0 aliphatic carbocycles. The zero-order chi connectivity index (χ0) is 10.4. The molecule has 0 unspecified atom stereocenters. The third-order valence-electron chi connectivity index (χ3n) is 1.12. The topological polar surface area (TPSA) is 109 Å². The van der Waals surface area contributed by atoms with Gasteiger partial charge in [-0.15, -0.1) is 0 Å². The molecule has 0 heterocycles. The van der Waals surface area contributed by atoms with Crippen LogP contribution in [0.25, 0.3) is 0 Å². The summed E-state index contributed by atoms with van der Waals surface area (Å²) in [6.07, 6.45) is 0.661. The van der Waals surface area contributed by atoms with Gasteiger partial charge in [-0.2, -0.15) is 0 Å². The summed E-state index contributed by atoms with van der Waals surface area (Å²) in [6.45, 7) is 2.01. The molecule has 0 rings (SSSR count). The van der Waals surface area contributed by atoms with E-state index in [0.717, 1.165) is 0 Å². The molecule has 0 spiro atoms. The summed E-state index contributed by atoms with van der Waals surface area (Å²) >= 11 is 0. The summed E-state index contributed by atoms with van der Waals surface area (Å²) in [5, 5.41) is 10.7. The Kier molecular flexibility index (Phi) is 4.21. The van der Waals surface area contributed by atoms with E-state index in [4.69, 9.17) is 10.8 Å². The van der Waals surface area contributed by atoms with Gasteiger partial charge >= 0.3 is 5.97 Å². The first kappa shape index (κ1) is 11.2. The first-order valence-electron chi connectivity index (χ1n) is 3.51. The molecule has 6 nitrogen and oxygen atoms in total. The van der Waals surface area contributed by atoms with Crippen molar-refractivity contribution >= 4 is 17.8 Å². The van der Waals surface area contributed by atoms with Crippen LogP contribution in [0, 0.1) is 0 Å². The number of likely N-dealkylation sites (N-methyl/N-ethyl adjacent to an activating group) is 1. The molecule has 6 heteroatoms. The number of rotatable bonds is 4. The summed E-state index contributed by atoms with van der Waals surface area (Å²) < 4.78 is 0. The lowest BCUT2D eigenvalue weighted by Gasteiger charge is -1.97. The van der Waals surface area contributed by atoms with Crippen LogP contribution in [0.4, 0.5) is 0 Å². The van der Waals surface area contributed by atoms with E-state index in [1.54, 1.807) is 6.92 Å². The van der Waals surface area contributed by atoms with Gasteiger partial charge in [0.25, 0.3) is 5.91 Å². The van der Waals surface area contributed by atoms with Gasteiger partial charge in [-0.3, -0.25) is 9.59 Å². The van der Waals surface area contributed by atoms with Crippen molar-refractivity contribution in [3.8, 4) is 0 Å². The third kappa shape index (κ3) is 3.90. The Morgan fingerprint density at radius 2 is 2.00 bits per heavy atom. The zero-order valence-electron chi connectivity index (χ0n) is 7.03. The minimum Gasteiger partial charge on any atom is -0.477 e. The summed E-state index contributed by atoms with van der Waals surface area (Å²) in [7, 11) is 0. The number of primary amides is 1. The standard InChI is InChI=1S/C7H10N2O4/c1-2-9-5(10)3-4(6(8)11)7(12)13/h3H,2H2,1H3,(H2,8,11)(H,9,10)(H,12,13). The molecule has 2 amide bonds. The van der Waals surface area contributed by atoms with Crippen molar-refractivity contribution in [2.24, 2.45) is 5.73 Å². The van der Waals surface area contributed by atoms with E-state index in [0.29, 0.717) is 12.6 Å². The van der Waals surface area contributed by atoms with E-state index in [1.165, 1.54) is 0 Å². The fourth-order valence-electron chi connectivity index (χ4n) is 0.595. The molecule has 0 aromatic rings. The average molecular weight is 186 g/mol. The monoisotopic (exact) mass is 186 g/mol. The van der Waals surface area contributed by atoms with Crippen molar-refractivity contribution in [2.75, 3.05) is 6.54 Å². The van der Waals surface area contributed by atoms with Crippen LogP contribution < -0.4 is 11.1 Å². The second-order valence-electron chi connectivity index (χ2n) is 2.12. The molecular weight excluding hydrogens is 176 g/mol. The Labute approximate surface area is 74.4 Å². The highest BCUT2D eigenvalue weighted by molar-refractivity contribution is 6.18. The van der Waals surface area contributed by atoms with Gasteiger partial charge < -0.3 is 16.2 Å². The van der Waals surface area contributed by atoms with Crippen molar-refractivity contribution in [2.45, 2.75) is 6.92 Å². The summed E-state index contributed by atoms with van der Waals surface area (Å²) in [4.78, 5) is 31.6. The van der Waals surface area contributed by atoms with Crippen LogP contribution in [0.5, 0.6) is 0 Å². The molecule has 0 saturated carbocycles. The van der Waals surface area contributed by atoms with Crippen molar-refractivity contribution in [1.82, 2.24) is 5.32 Å². The first-order valence-corrected chi connectivity index (χ1v) is 3.51. The largest absolute Gasteiger partial charge is 0.477 e. The number of hydrogen-bond acceptors (Lipinski definition) is 3. The summed E-state index contributed by atoms with van der Waals surface area (Å²) in [6, 6.07) is 0. The normalized spacial score (nSPS) is 10.7. The number of nitrogens with one attached hydrogen (secondary N) is 1. The van der Waals surface area contributed by atoms with Gasteiger partial charge in [0.2, 0.25) is 5.91 Å². The number of nitrogens with two attached hydrogens (primary N) is 1. The van der Waals surface area contributed by atoms with Crippen LogP contribution in [-0.2, 0) is 14.4 Å². The molecule has 72 valence electrons. The lowest BCUT2D eigenvalue weighted by molar-refractivity contribution is -0.135. The Morgan fingerprint density at radius 1 is 1.46 bits per heavy atom. The van der Waals surface area contributed by atoms with Crippen molar-refractivity contribution in [3.05, 3.63) is 11.6 Å². The highest BCUT2D eigenvalue weighted by Gasteiger charge is 2.15. The molecule has 0 aliphatic rings. The van der Waals surface area contributed by atoms with Gasteiger partial charge in [0.05, 0.1) is 0 Å². The van der Waals surface area contributed by atoms with Crippen LogP contribution in [-0.4, -0.2) is 29.4 Å². The molecule has 0 bridgehead atoms. The van der Waals surface area contributed by atoms with E-state index in [1.807, 2.05) is 0 Å². The number of carbonyl (C=O) groups excluding carboxylic acids is 2. The number of aliphatic carboxylic acids is 1. The van der Waals surface area contributed by atoms with Gasteiger partial charge in [0, 0.05) is 12.6 Å². The van der Waals surface area contributed by atoms with E-state index in [-0.39, 0.29) is 0 Å². The number of carboxylic acids is 1. The average Bonchev–Trinajstić information content (AvgIpc) is 1.99. The number of carboxylic acid groups (broad SMARTS) is 1. The zero-order valence-corrected chi connectivity index (χ0v) is 7.03. The molecule has 13 heavy (non-hydrogen) atoms. The Hall–Kier alpha value is -1.85. The van der Waals surface area contributed by atoms with Gasteiger partial charge in [-0.1, -0.05) is 0 Å². The molecule has 4 N–H and O–H groups in total. The van der Waals surface area contributed by atoms with E-state index in [9.17, 15) is 14.4 Å². The predicted molar refractivity (Wildman–Crippen MR) is 43.6 cm³/mol. The number of hydrogen-bond donors (Lipinski definition) is 3. The molecule has 0 saturated heterocycles. The Bertz CT molecular complexity index is 254. The van der Waals surface area contributed by atoms with Crippen LogP contribution in [0.1, 0.15) is 6.92 Å². The van der Waals surface area contributed by atoms with Gasteiger partial charge in [-0.25, -0.2) is 4.79 Å². The third-order valence-corrected chi connectivity index (χ3v) is 1.12. The van der Waals surface area contributed by atoms with Crippen LogP contribution >= 0.6 is 0 Å². The quantitative estimate of drug-likeness (QED) is 0.285. The minimum absolute atomic E-state index is 0.348. The smallest absolute Gasteiger partial charge is 0.341 e. The van der Waals surface area contributed by atoms with Gasteiger partial charge in [-0.05, 0) is 6.92 Å². The Morgan fingerprint density at radius 3 is 2.31 bits per heavy atom. The SMILES string of the molecule is CCNC(=O)C=C(C(N)=O)C(=O)O. The molecule has 0 aromatic heterocycles. The van der Waals surface area contributed by atoms with Crippen molar-refractivity contribution in [1.29, 1.82) is 0 Å². The predicted octanol–water partition coefficient (Wildman–Crippen LogP) is -1.38. The van der Waals surface area contributed by atoms with Crippen molar-refractivity contribution < 1.29 is 19.5 Å². The first-order chi connectivity index (χ1) is 5.99. The van der Waals surface area contributed by atoms with Crippen LogP contribution in [0.3, 0.4) is 0 Å². The fourth-order valence-corrected chi connectivity index (χ4v) is 0.595. The van der Waals surface area contributed by atoms with Crippen LogP contribution in [0.2, 0.25) is 0 Å². The second-order valence-corrected chi connectivity index (χ2v) is 2.12. The maximum absolute atomic E-state index is 10.8. The molecule has 0 aliphatic heterocycles. The lowest BCUT2D eigenvalue weighted by Crippen LogP contribution is -2.26. The maximum atomic E-state index is 10.8. The second kappa shape index (κ2) is 4.91. The molecule has 0 fully saturated rings. The van der Waals surface area contributed by atoms with E-state index >= 15 is 0 Å². The lowest BCUT2D eigenvalue weighted by atomic mass is 10.2. The molecule has 0 atom stereocenters. The molecule has 0 radical (unpaired) electrons. The number of carbonyl (C=O) groups is 3. The highest BCUT2D eigenvalue weighted by Crippen LogP contribution is 1.92. The van der Waals surface area contributed by atoms with Crippen LogP contribution in [0.15, 0.2) is 11.6 Å². The maximum Gasteiger partial charge on any atom is 0.341 e. The van der Waals surface area contributed by atoms with E-state index < -0.39 is 23.4 Å². The van der Waals surface area contributed by atoms with Gasteiger partial charge in [0.1, 0.15) is 5.57 Å². The minimum atomic E-state index is -1.52. The highest BCUT2D eigenvalue weighted by atomic mass is 16.4. The molecule has 0 aromatic carbocycles.